The van der Waals surface area contributed by atoms with E-state index in [1.165, 1.54) is 0 Å². The molecule has 1 aromatic carbocycles. The minimum absolute atomic E-state index is 0.124. The largest absolute Gasteiger partial charge is 0.352 e. The van der Waals surface area contributed by atoms with Crippen LogP contribution in [0.15, 0.2) is 24.3 Å². The third kappa shape index (κ3) is 4.63. The van der Waals surface area contributed by atoms with E-state index in [1.54, 1.807) is 12.1 Å². The van der Waals surface area contributed by atoms with Crippen LogP contribution in [0.1, 0.15) is 0 Å². The maximum atomic E-state index is 11.2. The van der Waals surface area contributed by atoms with Gasteiger partial charge in [0.2, 0.25) is 5.91 Å². The highest BCUT2D eigenvalue weighted by Crippen LogP contribution is 2.10. The van der Waals surface area contributed by atoms with Crippen molar-refractivity contribution in [3.05, 3.63) is 27.8 Å². The Kier molecular flexibility index (Phi) is 4.35. The molecule has 0 spiro atoms. The van der Waals surface area contributed by atoms with Crippen LogP contribution in [0.3, 0.4) is 0 Å². The van der Waals surface area contributed by atoms with Crippen LogP contribution in [0.25, 0.3) is 0 Å². The van der Waals surface area contributed by atoms with Gasteiger partial charge in [-0.25, -0.2) is 4.79 Å². The Morgan fingerprint density at radius 3 is 2.40 bits per heavy atom. The quantitative estimate of drug-likeness (QED) is 0.723. The fourth-order valence-corrected chi connectivity index (χ4v) is 1.27. The zero-order valence-corrected chi connectivity index (χ0v) is 9.95. The molecule has 0 aliphatic heterocycles. The number of benzene rings is 1. The molecule has 15 heavy (non-hydrogen) atoms. The smallest absolute Gasteiger partial charge is 0.312 e. The fourth-order valence-electron chi connectivity index (χ4n) is 0.906. The number of amides is 3. The molecule has 0 saturated carbocycles. The third-order valence-corrected chi connectivity index (χ3v) is 2.27. The summed E-state index contributed by atoms with van der Waals surface area (Å²) < 4.78 is 1.08. The van der Waals surface area contributed by atoms with Gasteiger partial charge < -0.3 is 16.4 Å². The monoisotopic (exact) mass is 319 g/mol. The summed E-state index contributed by atoms with van der Waals surface area (Å²) in [6, 6.07) is 6.59. The number of urea groups is 1. The predicted octanol–water partition coefficient (Wildman–Crippen LogP) is 0.898. The molecule has 5 nitrogen and oxygen atoms in total. The Balaban J connectivity index is 2.44. The van der Waals surface area contributed by atoms with Gasteiger partial charge in [-0.05, 0) is 46.9 Å². The second-order valence-corrected chi connectivity index (χ2v) is 4.02. The molecule has 0 saturated heterocycles. The number of hydrogen-bond acceptors (Lipinski definition) is 2. The molecule has 6 heteroatoms. The van der Waals surface area contributed by atoms with Crippen molar-refractivity contribution in [3.8, 4) is 0 Å². The lowest BCUT2D eigenvalue weighted by atomic mass is 10.3. The van der Waals surface area contributed by atoms with E-state index in [9.17, 15) is 9.59 Å². The number of carbonyl (C=O) groups is 2. The molecule has 0 fully saturated rings. The Hall–Kier alpha value is -1.31. The van der Waals surface area contributed by atoms with E-state index in [0.29, 0.717) is 5.69 Å². The van der Waals surface area contributed by atoms with Crippen LogP contribution >= 0.6 is 22.6 Å². The standard InChI is InChI=1S/C9H10IN3O2/c10-6-1-3-7(4-2-6)13-8(14)5-12-9(11)15/h1-4H,5H2,(H,13,14)(H3,11,12,15). The number of nitrogens with two attached hydrogens (primary N) is 1. The van der Waals surface area contributed by atoms with E-state index in [-0.39, 0.29) is 12.5 Å². The summed E-state index contributed by atoms with van der Waals surface area (Å²) in [5.41, 5.74) is 5.51. The molecular formula is C9H10IN3O2. The zero-order valence-electron chi connectivity index (χ0n) is 7.79. The first-order chi connectivity index (χ1) is 7.08. The van der Waals surface area contributed by atoms with Gasteiger partial charge in [-0.3, -0.25) is 4.79 Å². The molecule has 1 rings (SSSR count). The van der Waals surface area contributed by atoms with Gasteiger partial charge >= 0.3 is 6.03 Å². The normalized spacial score (nSPS) is 9.40. The SMILES string of the molecule is NC(=O)NCC(=O)Nc1ccc(I)cc1. The highest BCUT2D eigenvalue weighted by atomic mass is 127. The maximum Gasteiger partial charge on any atom is 0.312 e. The average molecular weight is 319 g/mol. The van der Waals surface area contributed by atoms with Gasteiger partial charge in [-0.15, -0.1) is 0 Å². The van der Waals surface area contributed by atoms with E-state index in [1.807, 2.05) is 12.1 Å². The van der Waals surface area contributed by atoms with Crippen LogP contribution in [0.2, 0.25) is 0 Å². The number of primary amides is 1. The van der Waals surface area contributed by atoms with Crippen LogP contribution in [-0.4, -0.2) is 18.5 Å². The maximum absolute atomic E-state index is 11.2. The first kappa shape index (κ1) is 11.8. The molecule has 0 bridgehead atoms. The number of anilines is 1. The Bertz CT molecular complexity index is 364. The molecule has 80 valence electrons. The van der Waals surface area contributed by atoms with E-state index in [0.717, 1.165) is 3.57 Å². The molecule has 0 aliphatic rings. The van der Waals surface area contributed by atoms with Crippen LogP contribution in [-0.2, 0) is 4.79 Å². The second-order valence-electron chi connectivity index (χ2n) is 2.77. The second kappa shape index (κ2) is 5.54. The van der Waals surface area contributed by atoms with Gasteiger partial charge in [0.1, 0.15) is 0 Å². The highest BCUT2D eigenvalue weighted by molar-refractivity contribution is 14.1. The Labute approximate surface area is 101 Å². The van der Waals surface area contributed by atoms with Gasteiger partial charge in [-0.2, -0.15) is 0 Å². The number of nitrogens with one attached hydrogen (secondary N) is 2. The van der Waals surface area contributed by atoms with Crippen molar-refractivity contribution in [1.82, 2.24) is 5.32 Å². The molecule has 0 unspecified atom stereocenters. The van der Waals surface area contributed by atoms with Gasteiger partial charge in [-0.1, -0.05) is 0 Å². The average Bonchev–Trinajstić information content (AvgIpc) is 2.19. The van der Waals surface area contributed by atoms with E-state index >= 15 is 0 Å². The minimum Gasteiger partial charge on any atom is -0.352 e. The molecule has 0 aromatic heterocycles. The van der Waals surface area contributed by atoms with Crippen molar-refractivity contribution in [2.24, 2.45) is 5.73 Å². The van der Waals surface area contributed by atoms with Crippen molar-refractivity contribution < 1.29 is 9.59 Å². The van der Waals surface area contributed by atoms with Crippen molar-refractivity contribution >= 4 is 40.2 Å². The summed E-state index contributed by atoms with van der Waals surface area (Å²) in [5, 5.41) is 4.81. The van der Waals surface area contributed by atoms with Crippen LogP contribution in [0.5, 0.6) is 0 Å². The number of rotatable bonds is 3. The molecule has 1 aromatic rings. The van der Waals surface area contributed by atoms with Crippen LogP contribution in [0.4, 0.5) is 10.5 Å². The van der Waals surface area contributed by atoms with Crippen molar-refractivity contribution in [3.63, 3.8) is 0 Å². The topological polar surface area (TPSA) is 84.2 Å². The summed E-state index contributed by atoms with van der Waals surface area (Å²) in [6.45, 7) is -0.124. The zero-order chi connectivity index (χ0) is 11.3. The predicted molar refractivity (Wildman–Crippen MR) is 65.4 cm³/mol. The van der Waals surface area contributed by atoms with Gasteiger partial charge in [0, 0.05) is 9.26 Å². The minimum atomic E-state index is -0.715. The van der Waals surface area contributed by atoms with Crippen molar-refractivity contribution in [2.45, 2.75) is 0 Å². The Morgan fingerprint density at radius 2 is 1.87 bits per heavy atom. The van der Waals surface area contributed by atoms with E-state index in [4.69, 9.17) is 5.73 Å². The molecule has 0 aliphatic carbocycles. The first-order valence-electron chi connectivity index (χ1n) is 4.16. The molecule has 0 radical (unpaired) electrons. The van der Waals surface area contributed by atoms with Crippen LogP contribution in [0, 0.1) is 3.57 Å². The van der Waals surface area contributed by atoms with E-state index < -0.39 is 6.03 Å². The van der Waals surface area contributed by atoms with Crippen molar-refractivity contribution in [1.29, 1.82) is 0 Å². The van der Waals surface area contributed by atoms with Crippen LogP contribution < -0.4 is 16.4 Å². The van der Waals surface area contributed by atoms with Gasteiger partial charge in [0.15, 0.2) is 0 Å². The lowest BCUT2D eigenvalue weighted by Gasteiger charge is -2.05. The summed E-state index contributed by atoms with van der Waals surface area (Å²) in [7, 11) is 0. The molecule has 3 amide bonds. The highest BCUT2D eigenvalue weighted by Gasteiger charge is 2.02. The molecule has 0 atom stereocenters. The lowest BCUT2D eigenvalue weighted by molar-refractivity contribution is -0.115. The number of hydrogen-bond donors (Lipinski definition) is 3. The fraction of sp³-hybridized carbons (Fsp3) is 0.111. The lowest BCUT2D eigenvalue weighted by Crippen LogP contribution is -2.36. The third-order valence-electron chi connectivity index (χ3n) is 1.55. The Morgan fingerprint density at radius 1 is 1.27 bits per heavy atom. The molecule has 4 N–H and O–H groups in total. The summed E-state index contributed by atoms with van der Waals surface area (Å²) in [5.74, 6) is -0.310. The first-order valence-corrected chi connectivity index (χ1v) is 5.24. The van der Waals surface area contributed by atoms with E-state index in [2.05, 4.69) is 33.2 Å². The van der Waals surface area contributed by atoms with Gasteiger partial charge in [0.05, 0.1) is 6.54 Å². The summed E-state index contributed by atoms with van der Waals surface area (Å²) in [4.78, 5) is 21.5. The summed E-state index contributed by atoms with van der Waals surface area (Å²) in [6.07, 6.45) is 0. The molecular weight excluding hydrogens is 309 g/mol. The van der Waals surface area contributed by atoms with Crippen molar-refractivity contribution in [2.75, 3.05) is 11.9 Å². The van der Waals surface area contributed by atoms with Gasteiger partial charge in [0.25, 0.3) is 0 Å². The summed E-state index contributed by atoms with van der Waals surface area (Å²) >= 11 is 2.17. The number of carbonyl (C=O) groups excluding carboxylic acids is 2. The number of halogens is 1. The molecule has 0 heterocycles.